The molecule has 4 N–H and O–H groups in total. The minimum Gasteiger partial charge on any atom is -0.507 e. The number of phenols is 2. The van der Waals surface area contributed by atoms with Gasteiger partial charge in [0, 0.05) is 10.3 Å². The van der Waals surface area contributed by atoms with Crippen molar-refractivity contribution < 1.29 is 19.7 Å². The van der Waals surface area contributed by atoms with Crippen molar-refractivity contribution in [2.75, 3.05) is 0 Å². The van der Waals surface area contributed by atoms with Gasteiger partial charge in [-0.1, -0.05) is 66.4 Å². The molecule has 1 unspecified atom stereocenters. The normalized spacial score (nSPS) is 13.3. The first-order chi connectivity index (χ1) is 13.9. The Labute approximate surface area is 171 Å². The van der Waals surface area contributed by atoms with E-state index in [1.807, 2.05) is 48.5 Å². The zero-order valence-electron chi connectivity index (χ0n) is 15.6. The van der Waals surface area contributed by atoms with Gasteiger partial charge in [0.2, 0.25) is 0 Å². The van der Waals surface area contributed by atoms with E-state index in [1.54, 1.807) is 31.2 Å². The fraction of sp³-hybridized carbons (Fsp3) is 0.0870. The van der Waals surface area contributed by atoms with Crippen molar-refractivity contribution in [3.63, 3.8) is 0 Å². The predicted molar refractivity (Wildman–Crippen MR) is 115 cm³/mol. The van der Waals surface area contributed by atoms with Crippen molar-refractivity contribution in [2.24, 2.45) is 5.73 Å². The highest BCUT2D eigenvalue weighted by molar-refractivity contribution is 8.00. The highest BCUT2D eigenvalue weighted by atomic mass is 32.2. The summed E-state index contributed by atoms with van der Waals surface area (Å²) in [4.78, 5) is 11.3. The molecule has 5 nitrogen and oxygen atoms in total. The van der Waals surface area contributed by atoms with E-state index in [0.717, 1.165) is 21.1 Å². The molecular formula is C23H19NO4S. The average Bonchev–Trinajstić information content (AvgIpc) is 2.69. The van der Waals surface area contributed by atoms with Crippen molar-refractivity contribution in [3.05, 3.63) is 78.4 Å². The summed E-state index contributed by atoms with van der Waals surface area (Å²) in [5.74, 6) is 0.165. The highest BCUT2D eigenvalue weighted by Crippen LogP contribution is 2.50. The van der Waals surface area contributed by atoms with E-state index in [0.29, 0.717) is 10.9 Å². The third kappa shape index (κ3) is 3.43. The number of amides is 1. The molecule has 0 fully saturated rings. The van der Waals surface area contributed by atoms with E-state index in [1.165, 1.54) is 11.8 Å². The molecule has 0 saturated heterocycles. The summed E-state index contributed by atoms with van der Waals surface area (Å²) in [6.07, 6.45) is -0.949. The summed E-state index contributed by atoms with van der Waals surface area (Å²) < 4.78 is 5.58. The van der Waals surface area contributed by atoms with Crippen LogP contribution < -0.4 is 5.73 Å². The maximum Gasteiger partial charge on any atom is 0.406 e. The monoisotopic (exact) mass is 405 g/mol. The standard InChI is InChI=1S/C23H19NO4S/c1-23(28-22(24)27,21-15-7-3-2-6-14(15)10-11-19(21)26)29-20-13-12-18(25)16-8-4-5-9-17(16)20/h2-13,25-26H,1H3,(H2,24,27). The van der Waals surface area contributed by atoms with Crippen LogP contribution in [0.5, 0.6) is 11.5 Å². The summed E-state index contributed by atoms with van der Waals surface area (Å²) >= 11 is 1.25. The lowest BCUT2D eigenvalue weighted by Gasteiger charge is -2.30. The molecule has 6 heteroatoms. The van der Waals surface area contributed by atoms with Crippen LogP contribution in [0, 0.1) is 0 Å². The maximum absolute atomic E-state index is 11.8. The third-order valence-electron chi connectivity index (χ3n) is 4.82. The van der Waals surface area contributed by atoms with Crippen LogP contribution in [0.25, 0.3) is 21.5 Å². The van der Waals surface area contributed by atoms with Crippen molar-refractivity contribution in [3.8, 4) is 11.5 Å². The Morgan fingerprint density at radius 1 is 0.862 bits per heavy atom. The number of benzene rings is 4. The number of hydrogen-bond acceptors (Lipinski definition) is 5. The van der Waals surface area contributed by atoms with Crippen molar-refractivity contribution in [1.29, 1.82) is 0 Å². The number of hydrogen-bond donors (Lipinski definition) is 3. The van der Waals surface area contributed by atoms with Gasteiger partial charge >= 0.3 is 6.09 Å². The van der Waals surface area contributed by atoms with Gasteiger partial charge in [0.05, 0.1) is 5.56 Å². The Balaban J connectivity index is 1.94. The highest BCUT2D eigenvalue weighted by Gasteiger charge is 2.37. The molecule has 0 aliphatic heterocycles. The Hall–Kier alpha value is -3.38. The molecule has 146 valence electrons. The molecule has 0 aliphatic carbocycles. The second kappa shape index (κ2) is 7.22. The topological polar surface area (TPSA) is 92.8 Å². The first kappa shape index (κ1) is 19.0. The summed E-state index contributed by atoms with van der Waals surface area (Å²) in [7, 11) is 0. The van der Waals surface area contributed by atoms with E-state index in [9.17, 15) is 15.0 Å². The second-order valence-electron chi connectivity index (χ2n) is 6.78. The number of aromatic hydroxyl groups is 2. The molecular weight excluding hydrogens is 386 g/mol. The van der Waals surface area contributed by atoms with E-state index in [4.69, 9.17) is 10.5 Å². The lowest BCUT2D eigenvalue weighted by Crippen LogP contribution is -2.29. The Bertz CT molecular complexity index is 1240. The van der Waals surface area contributed by atoms with Gasteiger partial charge in [-0.15, -0.1) is 0 Å². The van der Waals surface area contributed by atoms with Gasteiger partial charge in [-0.3, -0.25) is 0 Å². The predicted octanol–water partition coefficient (Wildman–Crippen LogP) is 5.46. The van der Waals surface area contributed by atoms with Crippen LogP contribution in [0.1, 0.15) is 12.5 Å². The molecule has 0 spiro atoms. The van der Waals surface area contributed by atoms with Crippen LogP contribution in [0.4, 0.5) is 4.79 Å². The molecule has 0 bridgehead atoms. The van der Waals surface area contributed by atoms with Gasteiger partial charge in [0.25, 0.3) is 0 Å². The largest absolute Gasteiger partial charge is 0.507 e. The smallest absolute Gasteiger partial charge is 0.406 e. The zero-order chi connectivity index (χ0) is 20.6. The molecule has 4 rings (SSSR count). The van der Waals surface area contributed by atoms with Gasteiger partial charge in [0.15, 0.2) is 4.93 Å². The molecule has 0 aromatic heterocycles. The van der Waals surface area contributed by atoms with Gasteiger partial charge in [-0.2, -0.15) is 0 Å². The molecule has 4 aromatic carbocycles. The molecule has 0 radical (unpaired) electrons. The Kier molecular flexibility index (Phi) is 4.72. The summed E-state index contributed by atoms with van der Waals surface area (Å²) in [6, 6.07) is 21.7. The number of rotatable bonds is 4. The minimum atomic E-state index is -1.31. The molecule has 1 amide bonds. The van der Waals surface area contributed by atoms with E-state index in [2.05, 4.69) is 0 Å². The lowest BCUT2D eigenvalue weighted by atomic mass is 9.99. The van der Waals surface area contributed by atoms with Gasteiger partial charge in [-0.25, -0.2) is 4.79 Å². The number of fused-ring (bicyclic) bond motifs is 2. The van der Waals surface area contributed by atoms with Crippen LogP contribution in [-0.4, -0.2) is 16.3 Å². The fourth-order valence-corrected chi connectivity index (χ4v) is 4.89. The van der Waals surface area contributed by atoms with Gasteiger partial charge in [0.1, 0.15) is 11.5 Å². The number of primary amides is 1. The van der Waals surface area contributed by atoms with Crippen molar-refractivity contribution in [1.82, 2.24) is 0 Å². The zero-order valence-corrected chi connectivity index (χ0v) is 16.4. The van der Waals surface area contributed by atoms with Crippen LogP contribution in [0.3, 0.4) is 0 Å². The molecule has 1 atom stereocenters. The molecule has 0 aliphatic rings. The number of thioether (sulfide) groups is 1. The Morgan fingerprint density at radius 3 is 2.21 bits per heavy atom. The molecule has 0 saturated carbocycles. The quantitative estimate of drug-likeness (QED) is 0.309. The van der Waals surface area contributed by atoms with E-state index < -0.39 is 11.0 Å². The minimum absolute atomic E-state index is 0.00281. The average molecular weight is 405 g/mol. The molecule has 0 heterocycles. The summed E-state index contributed by atoms with van der Waals surface area (Å²) in [5.41, 5.74) is 5.86. The molecule has 29 heavy (non-hydrogen) atoms. The number of phenolic OH excluding ortho intramolecular Hbond substituents is 2. The first-order valence-corrected chi connectivity index (χ1v) is 9.80. The van der Waals surface area contributed by atoms with Gasteiger partial charge in [-0.05, 0) is 41.3 Å². The van der Waals surface area contributed by atoms with E-state index in [-0.39, 0.29) is 11.5 Å². The second-order valence-corrected chi connectivity index (χ2v) is 8.20. The molecule has 4 aromatic rings. The number of ether oxygens (including phenoxy) is 1. The third-order valence-corrected chi connectivity index (χ3v) is 6.08. The van der Waals surface area contributed by atoms with Crippen molar-refractivity contribution >= 4 is 39.4 Å². The van der Waals surface area contributed by atoms with Crippen LogP contribution in [0.2, 0.25) is 0 Å². The van der Waals surface area contributed by atoms with Crippen LogP contribution >= 0.6 is 11.8 Å². The SMILES string of the molecule is CC(OC(N)=O)(Sc1ccc(O)c2ccccc12)c1c(O)ccc2ccccc12. The van der Waals surface area contributed by atoms with Crippen molar-refractivity contribution in [2.45, 2.75) is 16.8 Å². The number of carbonyl (C=O) groups excluding carboxylic acids is 1. The number of nitrogens with two attached hydrogens (primary N) is 1. The van der Waals surface area contributed by atoms with Crippen LogP contribution in [-0.2, 0) is 9.67 Å². The lowest BCUT2D eigenvalue weighted by molar-refractivity contribution is 0.0942. The summed E-state index contributed by atoms with van der Waals surface area (Å²) in [6.45, 7) is 1.70. The maximum atomic E-state index is 11.8. The Morgan fingerprint density at radius 2 is 1.48 bits per heavy atom. The fourth-order valence-electron chi connectivity index (χ4n) is 3.61. The summed E-state index contributed by atoms with van der Waals surface area (Å²) in [5, 5.41) is 24.0. The van der Waals surface area contributed by atoms with Crippen LogP contribution in [0.15, 0.2) is 77.7 Å². The first-order valence-electron chi connectivity index (χ1n) is 8.98. The van der Waals surface area contributed by atoms with Gasteiger partial charge < -0.3 is 20.7 Å². The number of carbonyl (C=O) groups is 1. The van der Waals surface area contributed by atoms with E-state index >= 15 is 0 Å².